The summed E-state index contributed by atoms with van der Waals surface area (Å²) in [4.78, 5) is 10.3. The monoisotopic (exact) mass is 247 g/mol. The number of nitriles is 1. The SMILES string of the molecule is CC(C)(C#N)c1nsc2ccc([N+](=O)[O-])cc12. The highest BCUT2D eigenvalue weighted by molar-refractivity contribution is 7.13. The van der Waals surface area contributed by atoms with Gasteiger partial charge in [0.25, 0.3) is 5.69 Å². The van der Waals surface area contributed by atoms with Gasteiger partial charge in [0.15, 0.2) is 0 Å². The molecule has 5 nitrogen and oxygen atoms in total. The zero-order chi connectivity index (χ0) is 12.6. The van der Waals surface area contributed by atoms with E-state index in [2.05, 4.69) is 10.4 Å². The number of rotatable bonds is 2. The van der Waals surface area contributed by atoms with Crippen molar-refractivity contribution in [2.45, 2.75) is 19.3 Å². The molecule has 0 aliphatic rings. The second-order valence-corrected chi connectivity index (χ2v) is 5.01. The van der Waals surface area contributed by atoms with Crippen LogP contribution in [0.5, 0.6) is 0 Å². The van der Waals surface area contributed by atoms with Gasteiger partial charge in [0.2, 0.25) is 0 Å². The van der Waals surface area contributed by atoms with E-state index >= 15 is 0 Å². The predicted octanol–water partition coefficient (Wildman–Crippen LogP) is 3.01. The number of hydrogen-bond acceptors (Lipinski definition) is 5. The van der Waals surface area contributed by atoms with Gasteiger partial charge in [0.1, 0.15) is 0 Å². The minimum absolute atomic E-state index is 0.0210. The molecule has 1 heterocycles. The van der Waals surface area contributed by atoms with Crippen molar-refractivity contribution >= 4 is 27.3 Å². The van der Waals surface area contributed by atoms with E-state index in [0.29, 0.717) is 11.1 Å². The molecule has 0 fully saturated rings. The van der Waals surface area contributed by atoms with Crippen molar-refractivity contribution < 1.29 is 4.92 Å². The van der Waals surface area contributed by atoms with Crippen LogP contribution < -0.4 is 0 Å². The lowest BCUT2D eigenvalue weighted by Crippen LogP contribution is -2.14. The highest BCUT2D eigenvalue weighted by atomic mass is 32.1. The summed E-state index contributed by atoms with van der Waals surface area (Å²) >= 11 is 1.25. The van der Waals surface area contributed by atoms with Gasteiger partial charge in [-0.1, -0.05) is 0 Å². The van der Waals surface area contributed by atoms with E-state index in [1.807, 2.05) is 0 Å². The first-order valence-electron chi connectivity index (χ1n) is 4.91. The van der Waals surface area contributed by atoms with Gasteiger partial charge < -0.3 is 0 Å². The van der Waals surface area contributed by atoms with Crippen molar-refractivity contribution in [3.05, 3.63) is 34.0 Å². The summed E-state index contributed by atoms with van der Waals surface area (Å²) in [6, 6.07) is 6.76. The summed E-state index contributed by atoms with van der Waals surface area (Å²) in [6.07, 6.45) is 0. The highest BCUT2D eigenvalue weighted by Gasteiger charge is 2.26. The van der Waals surface area contributed by atoms with Gasteiger partial charge in [-0.15, -0.1) is 0 Å². The minimum atomic E-state index is -0.743. The third-order valence-corrected chi connectivity index (χ3v) is 3.36. The Morgan fingerprint density at radius 1 is 1.53 bits per heavy atom. The molecule has 0 amide bonds. The van der Waals surface area contributed by atoms with E-state index in [-0.39, 0.29) is 5.69 Å². The fourth-order valence-corrected chi connectivity index (χ4v) is 2.44. The van der Waals surface area contributed by atoms with E-state index in [4.69, 9.17) is 5.26 Å². The van der Waals surface area contributed by atoms with E-state index in [9.17, 15) is 10.1 Å². The first kappa shape index (κ1) is 11.5. The van der Waals surface area contributed by atoms with Crippen LogP contribution in [0.4, 0.5) is 5.69 Å². The molecular weight excluding hydrogens is 238 g/mol. The molecule has 0 radical (unpaired) electrons. The zero-order valence-electron chi connectivity index (χ0n) is 9.30. The molecule has 0 aliphatic carbocycles. The number of nitro benzene ring substituents is 1. The average molecular weight is 247 g/mol. The van der Waals surface area contributed by atoms with Crippen molar-refractivity contribution in [2.75, 3.05) is 0 Å². The maximum Gasteiger partial charge on any atom is 0.270 e. The first-order valence-corrected chi connectivity index (χ1v) is 5.68. The molecule has 2 aromatic rings. The topological polar surface area (TPSA) is 79.8 Å². The zero-order valence-corrected chi connectivity index (χ0v) is 10.1. The Hall–Kier alpha value is -2.00. The van der Waals surface area contributed by atoms with E-state index in [1.165, 1.54) is 23.7 Å². The fraction of sp³-hybridized carbons (Fsp3) is 0.273. The lowest BCUT2D eigenvalue weighted by molar-refractivity contribution is -0.384. The molecule has 0 aliphatic heterocycles. The number of aromatic nitrogens is 1. The number of benzene rings is 1. The van der Waals surface area contributed by atoms with Gasteiger partial charge in [0, 0.05) is 17.5 Å². The van der Waals surface area contributed by atoms with Crippen molar-refractivity contribution in [1.29, 1.82) is 5.26 Å². The third-order valence-electron chi connectivity index (χ3n) is 2.54. The van der Waals surface area contributed by atoms with Crippen LogP contribution in [0, 0.1) is 21.4 Å². The smallest absolute Gasteiger partial charge is 0.258 e. The Morgan fingerprint density at radius 2 is 2.24 bits per heavy atom. The molecule has 0 spiro atoms. The second kappa shape index (κ2) is 3.79. The van der Waals surface area contributed by atoms with Gasteiger partial charge in [-0.05, 0) is 31.4 Å². The van der Waals surface area contributed by atoms with Crippen molar-refractivity contribution in [3.63, 3.8) is 0 Å². The van der Waals surface area contributed by atoms with Crippen molar-refractivity contribution in [2.24, 2.45) is 0 Å². The van der Waals surface area contributed by atoms with Crippen LogP contribution in [-0.4, -0.2) is 9.30 Å². The third kappa shape index (κ3) is 1.85. The average Bonchev–Trinajstić information content (AvgIpc) is 2.72. The van der Waals surface area contributed by atoms with Crippen LogP contribution in [-0.2, 0) is 5.41 Å². The molecular formula is C11H9N3O2S. The molecule has 1 aromatic heterocycles. The number of nitro groups is 1. The van der Waals surface area contributed by atoms with Gasteiger partial charge in [-0.25, -0.2) is 0 Å². The standard InChI is InChI=1S/C11H9N3O2S/c1-11(2,6-12)10-8-5-7(14(15)16)3-4-9(8)17-13-10/h3-5H,1-2H3. The van der Waals surface area contributed by atoms with E-state index in [1.54, 1.807) is 19.9 Å². The minimum Gasteiger partial charge on any atom is -0.258 e. The largest absolute Gasteiger partial charge is 0.270 e. The molecule has 0 N–H and O–H groups in total. The number of fused-ring (bicyclic) bond motifs is 1. The summed E-state index contributed by atoms with van der Waals surface area (Å²) in [6.45, 7) is 3.50. The molecule has 0 saturated heterocycles. The second-order valence-electron chi connectivity index (χ2n) is 4.21. The normalized spacial score (nSPS) is 11.4. The number of hydrogen-bond donors (Lipinski definition) is 0. The Kier molecular flexibility index (Phi) is 2.56. The number of nitrogens with zero attached hydrogens (tertiary/aromatic N) is 3. The Morgan fingerprint density at radius 3 is 2.82 bits per heavy atom. The Bertz CT molecular complexity index is 640. The van der Waals surface area contributed by atoms with E-state index in [0.717, 1.165) is 4.70 Å². The molecule has 0 atom stereocenters. The maximum atomic E-state index is 10.7. The van der Waals surface area contributed by atoms with Crippen molar-refractivity contribution in [3.8, 4) is 6.07 Å². The van der Waals surface area contributed by atoms with E-state index < -0.39 is 10.3 Å². The van der Waals surface area contributed by atoms with Gasteiger partial charge in [-0.2, -0.15) is 9.64 Å². The van der Waals surface area contributed by atoms with Gasteiger partial charge >= 0.3 is 0 Å². The molecule has 2 rings (SSSR count). The maximum absolute atomic E-state index is 10.7. The van der Waals surface area contributed by atoms with Crippen LogP contribution in [0.25, 0.3) is 10.1 Å². The molecule has 1 aromatic carbocycles. The lowest BCUT2D eigenvalue weighted by atomic mass is 9.89. The van der Waals surface area contributed by atoms with Crippen LogP contribution in [0.1, 0.15) is 19.5 Å². The summed E-state index contributed by atoms with van der Waals surface area (Å²) in [7, 11) is 0. The molecule has 0 bridgehead atoms. The van der Waals surface area contributed by atoms with Crippen molar-refractivity contribution in [1.82, 2.24) is 4.37 Å². The molecule has 0 saturated carbocycles. The summed E-state index contributed by atoms with van der Waals surface area (Å²) < 4.78 is 5.09. The number of non-ortho nitro benzene ring substituents is 1. The molecule has 86 valence electrons. The molecule has 6 heteroatoms. The summed E-state index contributed by atoms with van der Waals surface area (Å²) in [5.41, 5.74) is -0.121. The van der Waals surface area contributed by atoms with Crippen LogP contribution in [0.3, 0.4) is 0 Å². The predicted molar refractivity (Wildman–Crippen MR) is 64.9 cm³/mol. The Balaban J connectivity index is 2.71. The quantitative estimate of drug-likeness (QED) is 0.603. The van der Waals surface area contributed by atoms with Gasteiger partial charge in [0.05, 0.1) is 26.8 Å². The fourth-order valence-electron chi connectivity index (χ4n) is 1.54. The highest BCUT2D eigenvalue weighted by Crippen LogP contribution is 2.33. The first-order chi connectivity index (χ1) is 7.95. The van der Waals surface area contributed by atoms with Gasteiger partial charge in [-0.3, -0.25) is 10.1 Å². The van der Waals surface area contributed by atoms with Crippen LogP contribution in [0.2, 0.25) is 0 Å². The molecule has 0 unspecified atom stereocenters. The van der Waals surface area contributed by atoms with Crippen LogP contribution in [0.15, 0.2) is 18.2 Å². The lowest BCUT2D eigenvalue weighted by Gasteiger charge is -2.11. The van der Waals surface area contributed by atoms with Crippen LogP contribution >= 0.6 is 11.5 Å². The molecule has 17 heavy (non-hydrogen) atoms. The Labute approximate surface area is 102 Å². The summed E-state index contributed by atoms with van der Waals surface area (Å²) in [5, 5.41) is 20.5. The summed E-state index contributed by atoms with van der Waals surface area (Å²) in [5.74, 6) is 0.